The van der Waals surface area contributed by atoms with Gasteiger partial charge in [0.05, 0.1) is 29.9 Å². The number of hydrogen-bond donors (Lipinski definition) is 2. The lowest BCUT2D eigenvalue weighted by Crippen LogP contribution is -2.30. The Morgan fingerprint density at radius 1 is 1.21 bits per heavy atom. The van der Waals surface area contributed by atoms with Gasteiger partial charge in [0.25, 0.3) is 5.91 Å². The first kappa shape index (κ1) is 18.7. The standard InChI is InChI=1S/C18H19Cl2NO3/c1-12-2-4-13(5-3-12)17(24-9-8-22)11-21-18(23)15-7-6-14(19)10-16(15)20/h2-7,10,17,22H,8-9,11H2,1H3,(H,21,23). The summed E-state index contributed by atoms with van der Waals surface area (Å²) in [6.07, 6.45) is -0.354. The molecule has 0 spiro atoms. The van der Waals surface area contributed by atoms with Gasteiger partial charge in [-0.05, 0) is 30.7 Å². The molecule has 0 fully saturated rings. The quantitative estimate of drug-likeness (QED) is 0.782. The number of aryl methyl sites for hydroxylation is 1. The fourth-order valence-corrected chi connectivity index (χ4v) is 2.70. The summed E-state index contributed by atoms with van der Waals surface area (Å²) in [5, 5.41) is 12.6. The van der Waals surface area contributed by atoms with Crippen molar-refractivity contribution in [2.24, 2.45) is 0 Å². The Kier molecular flexibility index (Phi) is 7.06. The summed E-state index contributed by atoms with van der Waals surface area (Å²) in [5.41, 5.74) is 2.42. The number of rotatable bonds is 7. The predicted molar refractivity (Wildman–Crippen MR) is 95.8 cm³/mol. The summed E-state index contributed by atoms with van der Waals surface area (Å²) in [7, 11) is 0. The Morgan fingerprint density at radius 3 is 2.54 bits per heavy atom. The monoisotopic (exact) mass is 367 g/mol. The normalized spacial score (nSPS) is 12.0. The van der Waals surface area contributed by atoms with Gasteiger partial charge in [0.1, 0.15) is 0 Å². The molecule has 0 aliphatic carbocycles. The van der Waals surface area contributed by atoms with E-state index in [2.05, 4.69) is 5.32 Å². The molecule has 1 amide bonds. The van der Waals surface area contributed by atoms with Gasteiger partial charge in [-0.3, -0.25) is 4.79 Å². The number of carbonyl (C=O) groups is 1. The van der Waals surface area contributed by atoms with E-state index in [1.807, 2.05) is 31.2 Å². The SMILES string of the molecule is Cc1ccc(C(CNC(=O)c2ccc(Cl)cc2Cl)OCCO)cc1. The van der Waals surface area contributed by atoms with E-state index in [9.17, 15) is 4.79 Å². The Hall–Kier alpha value is -1.59. The number of amides is 1. The molecule has 0 heterocycles. The van der Waals surface area contributed by atoms with Crippen molar-refractivity contribution in [3.63, 3.8) is 0 Å². The zero-order valence-corrected chi connectivity index (χ0v) is 14.8. The third kappa shape index (κ3) is 5.21. The van der Waals surface area contributed by atoms with E-state index < -0.39 is 0 Å². The molecule has 0 aromatic heterocycles. The second-order valence-electron chi connectivity index (χ2n) is 5.33. The van der Waals surface area contributed by atoms with Crippen molar-refractivity contribution in [1.82, 2.24) is 5.32 Å². The van der Waals surface area contributed by atoms with Crippen LogP contribution in [0, 0.1) is 6.92 Å². The third-order valence-electron chi connectivity index (χ3n) is 3.48. The number of halogens is 2. The molecule has 6 heteroatoms. The van der Waals surface area contributed by atoms with Crippen LogP contribution < -0.4 is 5.32 Å². The first-order chi connectivity index (χ1) is 11.5. The predicted octanol–water partition coefficient (Wildman–Crippen LogP) is 3.78. The van der Waals surface area contributed by atoms with Crippen LogP contribution in [0.25, 0.3) is 0 Å². The number of benzene rings is 2. The largest absolute Gasteiger partial charge is 0.394 e. The zero-order chi connectivity index (χ0) is 17.5. The van der Waals surface area contributed by atoms with Gasteiger partial charge in [0.2, 0.25) is 0 Å². The van der Waals surface area contributed by atoms with Crippen LogP contribution in [0.3, 0.4) is 0 Å². The minimum atomic E-state index is -0.354. The maximum absolute atomic E-state index is 12.3. The maximum Gasteiger partial charge on any atom is 0.252 e. The molecule has 0 saturated carbocycles. The summed E-state index contributed by atoms with van der Waals surface area (Å²) >= 11 is 11.9. The number of carbonyl (C=O) groups excluding carboxylic acids is 1. The minimum Gasteiger partial charge on any atom is -0.394 e. The fourth-order valence-electron chi connectivity index (χ4n) is 2.20. The average Bonchev–Trinajstić information content (AvgIpc) is 2.56. The summed E-state index contributed by atoms with van der Waals surface area (Å²) in [5.74, 6) is -0.304. The molecule has 2 aromatic carbocycles. The molecule has 1 atom stereocenters. The fraction of sp³-hybridized carbons (Fsp3) is 0.278. The van der Waals surface area contributed by atoms with Crippen LogP contribution in [0.5, 0.6) is 0 Å². The summed E-state index contributed by atoms with van der Waals surface area (Å²) in [6.45, 7) is 2.37. The molecule has 2 rings (SSSR count). The maximum atomic E-state index is 12.3. The Labute approximate surface area is 151 Å². The topological polar surface area (TPSA) is 58.6 Å². The molecular formula is C18H19Cl2NO3. The highest BCUT2D eigenvalue weighted by Gasteiger charge is 2.16. The van der Waals surface area contributed by atoms with Gasteiger partial charge >= 0.3 is 0 Å². The van der Waals surface area contributed by atoms with Crippen molar-refractivity contribution in [3.8, 4) is 0 Å². The van der Waals surface area contributed by atoms with Gasteiger partial charge in [-0.2, -0.15) is 0 Å². The third-order valence-corrected chi connectivity index (χ3v) is 4.03. The molecule has 2 N–H and O–H groups in total. The van der Waals surface area contributed by atoms with Crippen LogP contribution in [-0.2, 0) is 4.74 Å². The first-order valence-corrected chi connectivity index (χ1v) is 8.29. The van der Waals surface area contributed by atoms with Crippen molar-refractivity contribution in [2.45, 2.75) is 13.0 Å². The van der Waals surface area contributed by atoms with E-state index in [1.54, 1.807) is 12.1 Å². The van der Waals surface area contributed by atoms with Crippen molar-refractivity contribution in [1.29, 1.82) is 0 Å². The highest BCUT2D eigenvalue weighted by molar-refractivity contribution is 6.36. The van der Waals surface area contributed by atoms with E-state index in [1.165, 1.54) is 6.07 Å². The molecular weight excluding hydrogens is 349 g/mol. The van der Waals surface area contributed by atoms with E-state index in [-0.39, 0.29) is 31.8 Å². The average molecular weight is 368 g/mol. The lowest BCUT2D eigenvalue weighted by molar-refractivity contribution is 0.0277. The van der Waals surface area contributed by atoms with Gasteiger partial charge in [-0.25, -0.2) is 0 Å². The van der Waals surface area contributed by atoms with Crippen LogP contribution in [0.1, 0.15) is 27.6 Å². The summed E-state index contributed by atoms with van der Waals surface area (Å²) in [4.78, 5) is 12.3. The molecule has 1 unspecified atom stereocenters. The van der Waals surface area contributed by atoms with Crippen molar-refractivity contribution >= 4 is 29.1 Å². The zero-order valence-electron chi connectivity index (χ0n) is 13.3. The number of hydrogen-bond acceptors (Lipinski definition) is 3. The van der Waals surface area contributed by atoms with Gasteiger partial charge < -0.3 is 15.2 Å². The van der Waals surface area contributed by atoms with Gasteiger partial charge in [0.15, 0.2) is 0 Å². The second kappa shape index (κ2) is 9.04. The highest BCUT2D eigenvalue weighted by atomic mass is 35.5. The van der Waals surface area contributed by atoms with Crippen LogP contribution >= 0.6 is 23.2 Å². The second-order valence-corrected chi connectivity index (χ2v) is 6.17. The molecule has 2 aromatic rings. The van der Waals surface area contributed by atoms with Crippen LogP contribution in [-0.4, -0.2) is 30.8 Å². The van der Waals surface area contributed by atoms with E-state index in [0.717, 1.165) is 11.1 Å². The molecule has 0 bridgehead atoms. The lowest BCUT2D eigenvalue weighted by atomic mass is 10.1. The van der Waals surface area contributed by atoms with Gasteiger partial charge in [-0.15, -0.1) is 0 Å². The van der Waals surface area contributed by atoms with Crippen molar-refractivity contribution < 1.29 is 14.6 Å². The van der Waals surface area contributed by atoms with E-state index in [0.29, 0.717) is 15.6 Å². The van der Waals surface area contributed by atoms with E-state index in [4.69, 9.17) is 33.0 Å². The van der Waals surface area contributed by atoms with Crippen LogP contribution in [0.2, 0.25) is 10.0 Å². The minimum absolute atomic E-state index is 0.0840. The molecule has 4 nitrogen and oxygen atoms in total. The first-order valence-electron chi connectivity index (χ1n) is 7.53. The number of nitrogens with one attached hydrogen (secondary N) is 1. The Bertz CT molecular complexity index is 689. The highest BCUT2D eigenvalue weighted by Crippen LogP contribution is 2.22. The number of ether oxygens (including phenoxy) is 1. The van der Waals surface area contributed by atoms with E-state index >= 15 is 0 Å². The molecule has 24 heavy (non-hydrogen) atoms. The molecule has 0 aliphatic rings. The van der Waals surface area contributed by atoms with Gasteiger partial charge in [0, 0.05) is 11.6 Å². The van der Waals surface area contributed by atoms with Crippen molar-refractivity contribution in [3.05, 3.63) is 69.2 Å². The number of aliphatic hydroxyl groups is 1. The summed E-state index contributed by atoms with van der Waals surface area (Å²) < 4.78 is 5.63. The number of aliphatic hydroxyl groups excluding tert-OH is 1. The Morgan fingerprint density at radius 2 is 1.92 bits per heavy atom. The van der Waals surface area contributed by atoms with Crippen LogP contribution in [0.15, 0.2) is 42.5 Å². The molecule has 0 radical (unpaired) electrons. The molecule has 0 aliphatic heterocycles. The van der Waals surface area contributed by atoms with Gasteiger partial charge in [-0.1, -0.05) is 53.0 Å². The van der Waals surface area contributed by atoms with Crippen LogP contribution in [0.4, 0.5) is 0 Å². The smallest absolute Gasteiger partial charge is 0.252 e. The Balaban J connectivity index is 2.06. The molecule has 128 valence electrons. The lowest BCUT2D eigenvalue weighted by Gasteiger charge is -2.19. The van der Waals surface area contributed by atoms with Crippen molar-refractivity contribution in [2.75, 3.05) is 19.8 Å². The summed E-state index contributed by atoms with van der Waals surface area (Å²) in [6, 6.07) is 12.6. The molecule has 0 saturated heterocycles.